The van der Waals surface area contributed by atoms with Crippen LogP contribution in [0.4, 0.5) is 5.69 Å². The molecular formula is C21H26N2O6S2. The predicted octanol–water partition coefficient (Wildman–Crippen LogP) is 2.84. The summed E-state index contributed by atoms with van der Waals surface area (Å²) in [5.74, 6) is 0.862. The second-order valence-corrected chi connectivity index (χ2v) is 10.2. The summed E-state index contributed by atoms with van der Waals surface area (Å²) in [4.78, 5) is 13.8. The van der Waals surface area contributed by atoms with Crippen molar-refractivity contribution in [3.05, 3.63) is 42.5 Å². The first kappa shape index (κ1) is 23.4. The number of methoxy groups -OCH3 is 2. The molecule has 1 fully saturated rings. The fourth-order valence-electron chi connectivity index (χ4n) is 3.03. The van der Waals surface area contributed by atoms with Crippen molar-refractivity contribution in [2.75, 3.05) is 45.8 Å². The molecule has 0 saturated carbocycles. The van der Waals surface area contributed by atoms with Crippen molar-refractivity contribution in [3.63, 3.8) is 0 Å². The minimum Gasteiger partial charge on any atom is -0.497 e. The van der Waals surface area contributed by atoms with Gasteiger partial charge in [0.05, 0.1) is 43.3 Å². The number of rotatable bonds is 8. The highest BCUT2D eigenvalue weighted by Crippen LogP contribution is 2.31. The summed E-state index contributed by atoms with van der Waals surface area (Å²) in [7, 11) is -0.626. The minimum absolute atomic E-state index is 0.0981. The smallest absolute Gasteiger partial charge is 0.243 e. The number of carbonyl (C=O) groups excluding carboxylic acids is 1. The van der Waals surface area contributed by atoms with E-state index in [1.54, 1.807) is 20.1 Å². The van der Waals surface area contributed by atoms with E-state index in [4.69, 9.17) is 14.2 Å². The van der Waals surface area contributed by atoms with Gasteiger partial charge >= 0.3 is 0 Å². The van der Waals surface area contributed by atoms with Gasteiger partial charge in [-0.3, -0.25) is 4.79 Å². The molecule has 1 aliphatic heterocycles. The molecule has 168 valence electrons. The molecule has 3 rings (SSSR count). The van der Waals surface area contributed by atoms with Crippen LogP contribution in [0.15, 0.2) is 52.3 Å². The number of morpholine rings is 1. The van der Waals surface area contributed by atoms with Crippen molar-refractivity contribution in [1.29, 1.82) is 0 Å². The Hall–Kier alpha value is -2.27. The van der Waals surface area contributed by atoms with Crippen LogP contribution in [-0.2, 0) is 19.6 Å². The molecule has 31 heavy (non-hydrogen) atoms. The average Bonchev–Trinajstić information content (AvgIpc) is 2.80. The highest BCUT2D eigenvalue weighted by atomic mass is 32.2. The fraction of sp³-hybridized carbons (Fsp3) is 0.381. The van der Waals surface area contributed by atoms with E-state index in [-0.39, 0.29) is 10.8 Å². The lowest BCUT2D eigenvalue weighted by atomic mass is 10.3. The van der Waals surface area contributed by atoms with Gasteiger partial charge in [-0.05, 0) is 49.4 Å². The van der Waals surface area contributed by atoms with Crippen LogP contribution in [0, 0.1) is 0 Å². The maximum absolute atomic E-state index is 13.0. The second-order valence-electron chi connectivity index (χ2n) is 6.80. The summed E-state index contributed by atoms with van der Waals surface area (Å²) in [5.41, 5.74) is 0.309. The van der Waals surface area contributed by atoms with Crippen molar-refractivity contribution in [3.8, 4) is 11.5 Å². The molecular weight excluding hydrogens is 440 g/mol. The molecule has 0 spiro atoms. The number of benzene rings is 2. The number of anilines is 1. The van der Waals surface area contributed by atoms with Crippen LogP contribution in [-0.4, -0.2) is 64.4 Å². The Morgan fingerprint density at radius 1 is 1.10 bits per heavy atom. The molecule has 1 saturated heterocycles. The Morgan fingerprint density at radius 2 is 1.77 bits per heavy atom. The van der Waals surface area contributed by atoms with Gasteiger partial charge in [0, 0.05) is 18.0 Å². The largest absolute Gasteiger partial charge is 0.497 e. The van der Waals surface area contributed by atoms with Crippen LogP contribution in [0.5, 0.6) is 11.5 Å². The first-order valence-electron chi connectivity index (χ1n) is 9.72. The zero-order chi connectivity index (χ0) is 22.4. The summed E-state index contributed by atoms with van der Waals surface area (Å²) in [6, 6.07) is 11.9. The summed E-state index contributed by atoms with van der Waals surface area (Å²) in [5, 5.41) is 2.38. The zero-order valence-electron chi connectivity index (χ0n) is 17.7. The van der Waals surface area contributed by atoms with Crippen molar-refractivity contribution in [1.82, 2.24) is 4.31 Å². The summed E-state index contributed by atoms with van der Waals surface area (Å²) >= 11 is 1.39. The Morgan fingerprint density at radius 3 is 2.39 bits per heavy atom. The van der Waals surface area contributed by atoms with Gasteiger partial charge < -0.3 is 19.5 Å². The third-order valence-electron chi connectivity index (χ3n) is 4.78. The van der Waals surface area contributed by atoms with Gasteiger partial charge in [0.1, 0.15) is 11.5 Å². The number of hydrogen-bond acceptors (Lipinski definition) is 7. The first-order valence-corrected chi connectivity index (χ1v) is 12.0. The van der Waals surface area contributed by atoms with E-state index in [0.29, 0.717) is 37.7 Å². The van der Waals surface area contributed by atoms with Crippen molar-refractivity contribution >= 4 is 33.4 Å². The second kappa shape index (κ2) is 10.4. The number of nitrogens with zero attached hydrogens (tertiary/aromatic N) is 1. The predicted molar refractivity (Wildman–Crippen MR) is 120 cm³/mol. The lowest BCUT2D eigenvalue weighted by Crippen LogP contribution is -2.40. The topological polar surface area (TPSA) is 94.2 Å². The third-order valence-corrected chi connectivity index (χ3v) is 7.78. The molecule has 1 N–H and O–H groups in total. The number of sulfonamides is 1. The van der Waals surface area contributed by atoms with Gasteiger partial charge in [0.15, 0.2) is 0 Å². The van der Waals surface area contributed by atoms with E-state index < -0.39 is 15.3 Å². The van der Waals surface area contributed by atoms with Gasteiger partial charge in [-0.1, -0.05) is 0 Å². The van der Waals surface area contributed by atoms with Gasteiger partial charge in [0.25, 0.3) is 0 Å². The summed E-state index contributed by atoms with van der Waals surface area (Å²) in [6.07, 6.45) is 0. The van der Waals surface area contributed by atoms with Crippen LogP contribution < -0.4 is 14.8 Å². The highest BCUT2D eigenvalue weighted by molar-refractivity contribution is 8.00. The van der Waals surface area contributed by atoms with Crippen molar-refractivity contribution in [2.45, 2.75) is 22.0 Å². The maximum atomic E-state index is 13.0. The Balaban J connectivity index is 1.75. The van der Waals surface area contributed by atoms with E-state index in [1.165, 1.54) is 35.3 Å². The fourth-order valence-corrected chi connectivity index (χ4v) is 5.33. The maximum Gasteiger partial charge on any atom is 0.243 e. The lowest BCUT2D eigenvalue weighted by Gasteiger charge is -2.26. The molecule has 0 aliphatic carbocycles. The normalized spacial score (nSPS) is 15.8. The molecule has 0 aromatic heterocycles. The van der Waals surface area contributed by atoms with Crippen LogP contribution in [0.25, 0.3) is 0 Å². The molecule has 8 nitrogen and oxygen atoms in total. The quantitative estimate of drug-likeness (QED) is 0.598. The average molecular weight is 467 g/mol. The number of thioether (sulfide) groups is 1. The first-order chi connectivity index (χ1) is 14.8. The molecule has 0 radical (unpaired) electrons. The number of amides is 1. The molecule has 2 aromatic rings. The number of hydrogen-bond donors (Lipinski definition) is 1. The van der Waals surface area contributed by atoms with Gasteiger partial charge in [0.2, 0.25) is 15.9 Å². The molecule has 10 heteroatoms. The van der Waals surface area contributed by atoms with Gasteiger partial charge in [-0.15, -0.1) is 11.8 Å². The SMILES string of the molecule is COc1ccc(S[C@H](C)C(=O)Nc2cc(S(=O)(=O)N3CCOCC3)ccc2OC)cc1. The Labute approximate surface area is 186 Å². The lowest BCUT2D eigenvalue weighted by molar-refractivity contribution is -0.115. The van der Waals surface area contributed by atoms with Crippen LogP contribution in [0.3, 0.4) is 0 Å². The molecule has 1 atom stereocenters. The molecule has 1 heterocycles. The minimum atomic E-state index is -3.69. The van der Waals surface area contributed by atoms with Crippen molar-refractivity contribution in [2.24, 2.45) is 0 Å². The number of carbonyl (C=O) groups is 1. The van der Waals surface area contributed by atoms with E-state index in [0.717, 1.165) is 10.6 Å². The third kappa shape index (κ3) is 5.70. The molecule has 2 aromatic carbocycles. The molecule has 0 unspecified atom stereocenters. The monoisotopic (exact) mass is 466 g/mol. The molecule has 1 amide bonds. The van der Waals surface area contributed by atoms with E-state index in [9.17, 15) is 13.2 Å². The zero-order valence-corrected chi connectivity index (χ0v) is 19.3. The van der Waals surface area contributed by atoms with E-state index in [1.807, 2.05) is 24.3 Å². The molecule has 0 bridgehead atoms. The Bertz CT molecular complexity index is 1010. The van der Waals surface area contributed by atoms with Gasteiger partial charge in [-0.2, -0.15) is 4.31 Å². The standard InChI is InChI=1S/C21H26N2O6S2/c1-15(30-17-6-4-16(27-2)5-7-17)21(24)22-19-14-18(8-9-20(19)28-3)31(25,26)23-10-12-29-13-11-23/h4-9,14-15H,10-13H2,1-3H3,(H,22,24)/t15-/m1/s1. The highest BCUT2D eigenvalue weighted by Gasteiger charge is 2.27. The number of nitrogens with one attached hydrogen (secondary N) is 1. The molecule has 1 aliphatic rings. The van der Waals surface area contributed by atoms with E-state index in [2.05, 4.69) is 5.32 Å². The number of ether oxygens (including phenoxy) is 3. The van der Waals surface area contributed by atoms with E-state index >= 15 is 0 Å². The van der Waals surface area contributed by atoms with Crippen LogP contribution in [0.2, 0.25) is 0 Å². The van der Waals surface area contributed by atoms with Crippen molar-refractivity contribution < 1.29 is 27.4 Å². The Kier molecular flexibility index (Phi) is 7.82. The summed E-state index contributed by atoms with van der Waals surface area (Å²) < 4.78 is 43.0. The summed E-state index contributed by atoms with van der Waals surface area (Å²) in [6.45, 7) is 3.10. The van der Waals surface area contributed by atoms with Gasteiger partial charge in [-0.25, -0.2) is 8.42 Å². The van der Waals surface area contributed by atoms with Crippen LogP contribution >= 0.6 is 11.8 Å². The van der Waals surface area contributed by atoms with Crippen LogP contribution in [0.1, 0.15) is 6.92 Å².